The highest BCUT2D eigenvalue weighted by molar-refractivity contribution is 5.94. The van der Waals surface area contributed by atoms with E-state index in [1.54, 1.807) is 50.2 Å². The van der Waals surface area contributed by atoms with Gasteiger partial charge in [-0.05, 0) is 38.0 Å². The number of benzene rings is 1. The highest BCUT2D eigenvalue weighted by Gasteiger charge is 2.28. The third-order valence-corrected chi connectivity index (χ3v) is 4.34. The molecule has 2 rings (SSSR count). The quantitative estimate of drug-likeness (QED) is 0.718. The van der Waals surface area contributed by atoms with E-state index in [0.717, 1.165) is 0 Å². The maximum atomic E-state index is 12.7. The Morgan fingerprint density at radius 3 is 2.50 bits per heavy atom. The third kappa shape index (κ3) is 5.21. The molecule has 1 heterocycles. The van der Waals surface area contributed by atoms with Crippen LogP contribution in [0.5, 0.6) is 5.75 Å². The monoisotopic (exact) mass is 362 g/mol. The number of hydrogen-bond acceptors (Lipinski definition) is 5. The van der Waals surface area contributed by atoms with Gasteiger partial charge < -0.3 is 19.3 Å². The summed E-state index contributed by atoms with van der Waals surface area (Å²) < 4.78 is 10.5. The van der Waals surface area contributed by atoms with E-state index in [4.69, 9.17) is 9.47 Å². The minimum atomic E-state index is -0.180. The lowest BCUT2D eigenvalue weighted by Gasteiger charge is -2.31. The molecule has 0 saturated carbocycles. The summed E-state index contributed by atoms with van der Waals surface area (Å²) in [7, 11) is 3.32. The van der Waals surface area contributed by atoms with Gasteiger partial charge in [0.15, 0.2) is 6.61 Å². The normalized spacial score (nSPS) is 14.7. The summed E-state index contributed by atoms with van der Waals surface area (Å²) in [6.07, 6.45) is 1.22. The van der Waals surface area contributed by atoms with Crippen LogP contribution in [0.15, 0.2) is 24.3 Å². The molecule has 1 aliphatic heterocycles. The van der Waals surface area contributed by atoms with Crippen LogP contribution >= 0.6 is 0 Å². The number of piperidine rings is 1. The number of amides is 2. The Morgan fingerprint density at radius 1 is 1.19 bits per heavy atom. The average molecular weight is 362 g/mol. The highest BCUT2D eigenvalue weighted by Crippen LogP contribution is 2.22. The van der Waals surface area contributed by atoms with Crippen LogP contribution in [0, 0.1) is 5.92 Å². The number of carbonyl (C=O) groups excluding carboxylic acids is 3. The Hall–Kier alpha value is -2.57. The van der Waals surface area contributed by atoms with Crippen LogP contribution in [-0.4, -0.2) is 68.0 Å². The van der Waals surface area contributed by atoms with E-state index in [1.807, 2.05) is 0 Å². The van der Waals surface area contributed by atoms with Crippen molar-refractivity contribution < 1.29 is 23.9 Å². The number of likely N-dealkylation sites (tertiary alicyclic amines) is 1. The molecule has 0 aromatic heterocycles. The zero-order valence-corrected chi connectivity index (χ0v) is 15.6. The zero-order valence-electron chi connectivity index (χ0n) is 15.6. The Bertz CT molecular complexity index is 651. The smallest absolute Gasteiger partial charge is 0.309 e. The van der Waals surface area contributed by atoms with Crippen LogP contribution in [0.25, 0.3) is 0 Å². The molecule has 1 fully saturated rings. The van der Waals surface area contributed by atoms with E-state index in [2.05, 4.69) is 0 Å². The van der Waals surface area contributed by atoms with Crippen LogP contribution in [-0.2, 0) is 14.3 Å². The minimum Gasteiger partial charge on any atom is -0.484 e. The second-order valence-electron chi connectivity index (χ2n) is 6.42. The Kier molecular flexibility index (Phi) is 7.00. The molecule has 0 aliphatic carbocycles. The summed E-state index contributed by atoms with van der Waals surface area (Å²) in [5, 5.41) is 0. The van der Waals surface area contributed by atoms with Gasteiger partial charge in [-0.3, -0.25) is 14.4 Å². The van der Waals surface area contributed by atoms with Crippen LogP contribution < -0.4 is 4.74 Å². The van der Waals surface area contributed by atoms with Crippen molar-refractivity contribution in [2.24, 2.45) is 5.92 Å². The van der Waals surface area contributed by atoms with E-state index in [9.17, 15) is 14.4 Å². The van der Waals surface area contributed by atoms with E-state index < -0.39 is 0 Å². The van der Waals surface area contributed by atoms with Crippen molar-refractivity contribution in [3.05, 3.63) is 29.8 Å². The summed E-state index contributed by atoms with van der Waals surface area (Å²) >= 11 is 0. The van der Waals surface area contributed by atoms with Crippen molar-refractivity contribution in [2.75, 3.05) is 40.4 Å². The van der Waals surface area contributed by atoms with Crippen molar-refractivity contribution in [1.82, 2.24) is 9.80 Å². The molecule has 7 heteroatoms. The molecule has 1 aromatic carbocycles. The van der Waals surface area contributed by atoms with Crippen molar-refractivity contribution in [1.29, 1.82) is 0 Å². The lowest BCUT2D eigenvalue weighted by Crippen LogP contribution is -2.40. The van der Waals surface area contributed by atoms with E-state index in [0.29, 0.717) is 43.9 Å². The van der Waals surface area contributed by atoms with Crippen LogP contribution in [0.1, 0.15) is 30.1 Å². The number of hydrogen-bond donors (Lipinski definition) is 0. The maximum Gasteiger partial charge on any atom is 0.309 e. The fourth-order valence-corrected chi connectivity index (χ4v) is 2.75. The standard InChI is InChI=1S/C19H26N2O5/c1-4-25-19(24)14-8-10-21(11-9-14)18(23)15-6-5-7-16(12-15)26-13-17(22)20(2)3/h5-7,12,14H,4,8-11,13H2,1-3H3. The van der Waals surface area contributed by atoms with E-state index >= 15 is 0 Å². The first-order chi connectivity index (χ1) is 12.4. The molecule has 0 radical (unpaired) electrons. The largest absolute Gasteiger partial charge is 0.484 e. The molecule has 0 atom stereocenters. The summed E-state index contributed by atoms with van der Waals surface area (Å²) in [6, 6.07) is 6.81. The Balaban J connectivity index is 1.93. The Labute approximate surface area is 153 Å². The molecule has 7 nitrogen and oxygen atoms in total. The molecule has 142 valence electrons. The van der Waals surface area contributed by atoms with Gasteiger partial charge in [-0.15, -0.1) is 0 Å². The van der Waals surface area contributed by atoms with Gasteiger partial charge in [0.2, 0.25) is 0 Å². The molecule has 0 unspecified atom stereocenters. The number of rotatable bonds is 6. The van der Waals surface area contributed by atoms with Gasteiger partial charge in [-0.25, -0.2) is 0 Å². The predicted molar refractivity (Wildman–Crippen MR) is 95.9 cm³/mol. The summed E-state index contributed by atoms with van der Waals surface area (Å²) in [5.41, 5.74) is 0.509. The molecule has 1 aliphatic rings. The Morgan fingerprint density at radius 2 is 1.88 bits per heavy atom. The topological polar surface area (TPSA) is 76.1 Å². The number of esters is 1. The van der Waals surface area contributed by atoms with Gasteiger partial charge in [0.1, 0.15) is 5.75 Å². The first-order valence-corrected chi connectivity index (χ1v) is 8.81. The highest BCUT2D eigenvalue weighted by atomic mass is 16.5. The summed E-state index contributed by atoms with van der Waals surface area (Å²) in [4.78, 5) is 39.3. The third-order valence-electron chi connectivity index (χ3n) is 4.34. The SMILES string of the molecule is CCOC(=O)C1CCN(C(=O)c2cccc(OCC(=O)N(C)C)c2)CC1. The van der Waals surface area contributed by atoms with Gasteiger partial charge in [0, 0.05) is 32.7 Å². The molecule has 0 N–H and O–H groups in total. The van der Waals surface area contributed by atoms with Gasteiger partial charge in [0.25, 0.3) is 11.8 Å². The number of carbonyl (C=O) groups is 3. The second-order valence-corrected chi connectivity index (χ2v) is 6.42. The predicted octanol–water partition coefficient (Wildman–Crippen LogP) is 1.57. The molecule has 1 aromatic rings. The summed E-state index contributed by atoms with van der Waals surface area (Å²) in [6.45, 7) is 3.13. The first-order valence-electron chi connectivity index (χ1n) is 8.81. The van der Waals surface area contributed by atoms with Crippen LogP contribution in [0.4, 0.5) is 0 Å². The zero-order chi connectivity index (χ0) is 19.1. The van der Waals surface area contributed by atoms with Crippen molar-refractivity contribution in [3.8, 4) is 5.75 Å². The van der Waals surface area contributed by atoms with E-state index in [-0.39, 0.29) is 30.3 Å². The van der Waals surface area contributed by atoms with Crippen LogP contribution in [0.2, 0.25) is 0 Å². The number of ether oxygens (including phenoxy) is 2. The molecule has 0 bridgehead atoms. The van der Waals surface area contributed by atoms with Gasteiger partial charge >= 0.3 is 5.97 Å². The number of likely N-dealkylation sites (N-methyl/N-ethyl adjacent to an activating group) is 1. The fourth-order valence-electron chi connectivity index (χ4n) is 2.75. The lowest BCUT2D eigenvalue weighted by molar-refractivity contribution is -0.149. The number of nitrogens with zero attached hydrogens (tertiary/aromatic N) is 2. The molecule has 26 heavy (non-hydrogen) atoms. The van der Waals surface area contributed by atoms with Crippen molar-refractivity contribution in [2.45, 2.75) is 19.8 Å². The second kappa shape index (κ2) is 9.22. The van der Waals surface area contributed by atoms with Gasteiger partial charge in [-0.1, -0.05) is 6.07 Å². The van der Waals surface area contributed by atoms with Crippen molar-refractivity contribution >= 4 is 17.8 Å². The first kappa shape index (κ1) is 19.8. The molecular weight excluding hydrogens is 336 g/mol. The molecule has 0 spiro atoms. The molecule has 2 amide bonds. The van der Waals surface area contributed by atoms with Crippen LogP contribution in [0.3, 0.4) is 0 Å². The molecular formula is C19H26N2O5. The van der Waals surface area contributed by atoms with E-state index in [1.165, 1.54) is 4.90 Å². The van der Waals surface area contributed by atoms with Gasteiger partial charge in [0.05, 0.1) is 12.5 Å². The average Bonchev–Trinajstić information content (AvgIpc) is 2.66. The maximum absolute atomic E-state index is 12.7. The molecule has 1 saturated heterocycles. The van der Waals surface area contributed by atoms with Crippen molar-refractivity contribution in [3.63, 3.8) is 0 Å². The van der Waals surface area contributed by atoms with Gasteiger partial charge in [-0.2, -0.15) is 0 Å². The minimum absolute atomic E-state index is 0.0738. The lowest BCUT2D eigenvalue weighted by atomic mass is 9.96. The summed E-state index contributed by atoms with van der Waals surface area (Å²) in [5.74, 6) is -0.0850. The fraction of sp³-hybridized carbons (Fsp3) is 0.526.